The summed E-state index contributed by atoms with van der Waals surface area (Å²) in [4.78, 5) is 6.81. The SMILES string of the molecule is CN=C(NCCN(C)C1CCCCC1)NCC(C)(C)SC.I. The average Bonchev–Trinajstić information content (AvgIpc) is 2.51. The molecule has 0 amide bonds. The fraction of sp³-hybridized carbons (Fsp3) is 0.938. The minimum atomic E-state index is 0. The predicted octanol–water partition coefficient (Wildman–Crippen LogP) is 3.18. The Morgan fingerprint density at radius 1 is 1.23 bits per heavy atom. The molecule has 132 valence electrons. The van der Waals surface area contributed by atoms with E-state index in [0.29, 0.717) is 0 Å². The third-order valence-electron chi connectivity index (χ3n) is 4.41. The zero-order valence-corrected chi connectivity index (χ0v) is 18.1. The third kappa shape index (κ3) is 8.82. The Kier molecular flexibility index (Phi) is 12.0. The maximum absolute atomic E-state index is 4.30. The highest BCUT2D eigenvalue weighted by molar-refractivity contribution is 14.0. The number of nitrogens with zero attached hydrogens (tertiary/aromatic N) is 2. The summed E-state index contributed by atoms with van der Waals surface area (Å²) in [6.07, 6.45) is 9.10. The van der Waals surface area contributed by atoms with Crippen LogP contribution < -0.4 is 10.6 Å². The van der Waals surface area contributed by atoms with Gasteiger partial charge in [0, 0.05) is 37.5 Å². The molecule has 1 aliphatic carbocycles. The molecule has 0 aromatic rings. The lowest BCUT2D eigenvalue weighted by Crippen LogP contribution is -2.46. The lowest BCUT2D eigenvalue weighted by atomic mass is 9.94. The maximum Gasteiger partial charge on any atom is 0.191 e. The van der Waals surface area contributed by atoms with Crippen molar-refractivity contribution in [3.63, 3.8) is 0 Å². The van der Waals surface area contributed by atoms with Crippen LogP contribution in [-0.4, -0.2) is 61.6 Å². The molecule has 0 aromatic carbocycles. The fourth-order valence-corrected chi connectivity index (χ4v) is 2.86. The molecule has 0 saturated heterocycles. The minimum absolute atomic E-state index is 0. The first-order valence-electron chi connectivity index (χ1n) is 8.18. The highest BCUT2D eigenvalue weighted by Crippen LogP contribution is 2.21. The van der Waals surface area contributed by atoms with Crippen molar-refractivity contribution in [2.75, 3.05) is 40.0 Å². The van der Waals surface area contributed by atoms with Crippen molar-refractivity contribution in [1.82, 2.24) is 15.5 Å². The van der Waals surface area contributed by atoms with E-state index in [1.807, 2.05) is 18.8 Å². The predicted molar refractivity (Wildman–Crippen MR) is 112 cm³/mol. The van der Waals surface area contributed by atoms with Crippen molar-refractivity contribution in [1.29, 1.82) is 0 Å². The van der Waals surface area contributed by atoms with E-state index in [-0.39, 0.29) is 28.7 Å². The zero-order chi connectivity index (χ0) is 15.7. The number of hydrogen-bond donors (Lipinski definition) is 2. The summed E-state index contributed by atoms with van der Waals surface area (Å²) in [5, 5.41) is 6.84. The van der Waals surface area contributed by atoms with Crippen LogP contribution in [0.4, 0.5) is 0 Å². The molecule has 1 aliphatic rings. The number of rotatable bonds is 7. The number of thioether (sulfide) groups is 1. The minimum Gasteiger partial charge on any atom is -0.355 e. The molecule has 6 heteroatoms. The number of likely N-dealkylation sites (N-methyl/N-ethyl adjacent to an activating group) is 1. The Labute approximate surface area is 158 Å². The Hall–Kier alpha value is 0.310. The van der Waals surface area contributed by atoms with Crippen molar-refractivity contribution in [2.24, 2.45) is 4.99 Å². The van der Waals surface area contributed by atoms with Crippen LogP contribution in [0.15, 0.2) is 4.99 Å². The highest BCUT2D eigenvalue weighted by atomic mass is 127. The van der Waals surface area contributed by atoms with Gasteiger partial charge in [-0.15, -0.1) is 24.0 Å². The van der Waals surface area contributed by atoms with Crippen LogP contribution in [0.2, 0.25) is 0 Å². The van der Waals surface area contributed by atoms with Gasteiger partial charge in [-0.3, -0.25) is 4.99 Å². The highest BCUT2D eigenvalue weighted by Gasteiger charge is 2.18. The van der Waals surface area contributed by atoms with Gasteiger partial charge in [-0.2, -0.15) is 11.8 Å². The normalized spacial score (nSPS) is 17.3. The Balaban J connectivity index is 0.00000441. The van der Waals surface area contributed by atoms with E-state index in [1.54, 1.807) is 0 Å². The van der Waals surface area contributed by atoms with Gasteiger partial charge in [-0.05, 0) is 40.0 Å². The van der Waals surface area contributed by atoms with Crippen LogP contribution in [0, 0.1) is 0 Å². The van der Waals surface area contributed by atoms with Gasteiger partial charge >= 0.3 is 0 Å². The number of nitrogens with one attached hydrogen (secondary N) is 2. The molecule has 0 radical (unpaired) electrons. The Morgan fingerprint density at radius 3 is 2.41 bits per heavy atom. The first-order chi connectivity index (χ1) is 9.98. The average molecular weight is 442 g/mol. The van der Waals surface area contributed by atoms with Crippen LogP contribution >= 0.6 is 35.7 Å². The standard InChI is InChI=1S/C16H34N4S.HI/c1-16(2,21-5)13-19-15(17-3)18-11-12-20(4)14-9-7-6-8-10-14;/h14H,6-13H2,1-5H3,(H2,17,18,19);1H. The van der Waals surface area contributed by atoms with Gasteiger partial charge in [0.2, 0.25) is 0 Å². The van der Waals surface area contributed by atoms with Crippen LogP contribution in [0.1, 0.15) is 46.0 Å². The van der Waals surface area contributed by atoms with Crippen molar-refractivity contribution >= 4 is 41.7 Å². The first-order valence-corrected chi connectivity index (χ1v) is 9.41. The van der Waals surface area contributed by atoms with Gasteiger partial charge in [-0.1, -0.05) is 19.3 Å². The maximum atomic E-state index is 4.30. The van der Waals surface area contributed by atoms with E-state index in [1.165, 1.54) is 32.1 Å². The summed E-state index contributed by atoms with van der Waals surface area (Å²) in [6.45, 7) is 7.44. The monoisotopic (exact) mass is 442 g/mol. The lowest BCUT2D eigenvalue weighted by molar-refractivity contribution is 0.194. The summed E-state index contributed by atoms with van der Waals surface area (Å²) in [5.41, 5.74) is 0. The molecule has 0 atom stereocenters. The summed E-state index contributed by atoms with van der Waals surface area (Å²) in [7, 11) is 4.09. The van der Waals surface area contributed by atoms with Crippen LogP contribution in [0.3, 0.4) is 0 Å². The molecule has 1 rings (SSSR count). The molecule has 1 saturated carbocycles. The summed E-state index contributed by atoms with van der Waals surface area (Å²) >= 11 is 1.87. The van der Waals surface area contributed by atoms with E-state index >= 15 is 0 Å². The second kappa shape index (κ2) is 11.8. The van der Waals surface area contributed by atoms with Crippen molar-refractivity contribution < 1.29 is 0 Å². The quantitative estimate of drug-likeness (QED) is 0.361. The Morgan fingerprint density at radius 2 is 1.86 bits per heavy atom. The van der Waals surface area contributed by atoms with E-state index in [9.17, 15) is 0 Å². The molecule has 22 heavy (non-hydrogen) atoms. The number of hydrogen-bond acceptors (Lipinski definition) is 3. The summed E-state index contributed by atoms with van der Waals surface area (Å²) < 4.78 is 0.233. The molecular formula is C16H35IN4S. The largest absolute Gasteiger partial charge is 0.355 e. The number of guanidine groups is 1. The molecule has 1 fully saturated rings. The fourth-order valence-electron chi connectivity index (χ4n) is 2.64. The van der Waals surface area contributed by atoms with Crippen molar-refractivity contribution in [3.8, 4) is 0 Å². The van der Waals surface area contributed by atoms with E-state index in [4.69, 9.17) is 0 Å². The number of halogens is 1. The van der Waals surface area contributed by atoms with Gasteiger partial charge in [0.1, 0.15) is 0 Å². The second-order valence-corrected chi connectivity index (χ2v) is 8.10. The molecule has 2 N–H and O–H groups in total. The van der Waals surface area contributed by atoms with Gasteiger partial charge in [0.05, 0.1) is 0 Å². The van der Waals surface area contributed by atoms with Crippen molar-refractivity contribution in [3.05, 3.63) is 0 Å². The summed E-state index contributed by atoms with van der Waals surface area (Å²) in [6, 6.07) is 0.783. The topological polar surface area (TPSA) is 39.7 Å². The molecular weight excluding hydrogens is 407 g/mol. The van der Waals surface area contributed by atoms with Gasteiger partial charge in [0.15, 0.2) is 5.96 Å². The number of aliphatic imine (C=N–C) groups is 1. The molecule has 0 heterocycles. The van der Waals surface area contributed by atoms with E-state index in [2.05, 4.69) is 47.7 Å². The third-order valence-corrected chi connectivity index (χ3v) is 5.66. The molecule has 0 bridgehead atoms. The Bertz CT molecular complexity index is 317. The van der Waals surface area contributed by atoms with Crippen molar-refractivity contribution in [2.45, 2.75) is 56.7 Å². The van der Waals surface area contributed by atoms with Gasteiger partial charge in [0.25, 0.3) is 0 Å². The lowest BCUT2D eigenvalue weighted by Gasteiger charge is -2.31. The van der Waals surface area contributed by atoms with Crippen LogP contribution in [0.5, 0.6) is 0 Å². The zero-order valence-electron chi connectivity index (χ0n) is 14.9. The van der Waals surface area contributed by atoms with E-state index in [0.717, 1.165) is 31.6 Å². The van der Waals surface area contributed by atoms with Crippen LogP contribution in [0.25, 0.3) is 0 Å². The smallest absolute Gasteiger partial charge is 0.191 e. The van der Waals surface area contributed by atoms with Crippen LogP contribution in [-0.2, 0) is 0 Å². The molecule has 0 unspecified atom stereocenters. The summed E-state index contributed by atoms with van der Waals surface area (Å²) in [5.74, 6) is 0.911. The van der Waals surface area contributed by atoms with Gasteiger partial charge in [-0.25, -0.2) is 0 Å². The van der Waals surface area contributed by atoms with E-state index < -0.39 is 0 Å². The molecule has 0 aliphatic heterocycles. The first kappa shape index (κ1) is 22.3. The van der Waals surface area contributed by atoms with Gasteiger partial charge < -0.3 is 15.5 Å². The second-order valence-electron chi connectivity index (χ2n) is 6.59. The molecule has 0 aromatic heterocycles. The molecule has 0 spiro atoms. The molecule has 4 nitrogen and oxygen atoms in total.